The van der Waals surface area contributed by atoms with Gasteiger partial charge in [-0.25, -0.2) is 0 Å². The maximum absolute atomic E-state index is 5.80. The molecule has 0 saturated heterocycles. The maximum Gasteiger partial charge on any atom is 0.111 e. The van der Waals surface area contributed by atoms with E-state index in [2.05, 4.69) is 0 Å². The van der Waals surface area contributed by atoms with Crippen molar-refractivity contribution in [3.8, 4) is 0 Å². The monoisotopic (exact) mass is 331 g/mol. The molecule has 0 aliphatic heterocycles. The fourth-order valence-corrected chi connectivity index (χ4v) is 2.55. The van der Waals surface area contributed by atoms with Crippen molar-refractivity contribution in [2.75, 3.05) is 3.94 Å². The number of anilines is 1. The predicted molar refractivity (Wildman–Crippen MR) is 65.7 cm³/mol. The predicted octanol–water partition coefficient (Wildman–Crippen LogP) is 6.07. The van der Waals surface area contributed by atoms with Crippen LogP contribution >= 0.6 is 81.6 Å². The van der Waals surface area contributed by atoms with Crippen LogP contribution in [-0.4, -0.2) is 0 Å². The Labute approximate surface area is 116 Å². The summed E-state index contributed by atoms with van der Waals surface area (Å²) < 4.78 is 0.665. The Morgan fingerprint density at radius 2 is 0.857 bits per heavy atom. The lowest BCUT2D eigenvalue weighted by molar-refractivity contribution is 1.57. The molecule has 0 spiro atoms. The maximum atomic E-state index is 5.80. The van der Waals surface area contributed by atoms with E-state index in [1.165, 1.54) is 0 Å². The van der Waals surface area contributed by atoms with Crippen LogP contribution in [0.15, 0.2) is 0 Å². The minimum Gasteiger partial charge on any atom is -0.191 e. The van der Waals surface area contributed by atoms with Crippen LogP contribution in [0, 0.1) is 0 Å². The zero-order chi connectivity index (χ0) is 11.0. The zero-order valence-corrected chi connectivity index (χ0v) is 11.4. The first-order valence-corrected chi connectivity index (χ1v) is 5.57. The number of nitrogens with zero attached hydrogens (tertiary/aromatic N) is 1. The van der Waals surface area contributed by atoms with Crippen molar-refractivity contribution in [1.82, 2.24) is 0 Å². The van der Waals surface area contributed by atoms with Gasteiger partial charge in [0.25, 0.3) is 0 Å². The highest BCUT2D eigenvalue weighted by Crippen LogP contribution is 2.49. The average molecular weight is 334 g/mol. The summed E-state index contributed by atoms with van der Waals surface area (Å²) in [7, 11) is 0. The highest BCUT2D eigenvalue weighted by molar-refractivity contribution is 6.60. The second-order valence-corrected chi connectivity index (χ2v) is 4.89. The second-order valence-electron chi connectivity index (χ2n) is 2.15. The molecule has 0 saturated carbocycles. The molecule has 1 aromatic carbocycles. The summed E-state index contributed by atoms with van der Waals surface area (Å²) in [6.07, 6.45) is 0. The van der Waals surface area contributed by atoms with Crippen molar-refractivity contribution >= 4 is 87.2 Å². The van der Waals surface area contributed by atoms with Crippen LogP contribution in [0.5, 0.6) is 0 Å². The van der Waals surface area contributed by atoms with Crippen LogP contribution in [-0.2, 0) is 0 Å². The molecule has 0 heterocycles. The lowest BCUT2D eigenvalue weighted by atomic mass is 10.3. The van der Waals surface area contributed by atoms with E-state index in [0.29, 0.717) is 3.94 Å². The molecule has 0 aliphatic rings. The van der Waals surface area contributed by atoms with Gasteiger partial charge in [0.15, 0.2) is 0 Å². The van der Waals surface area contributed by atoms with Gasteiger partial charge in [-0.05, 0) is 0 Å². The largest absolute Gasteiger partial charge is 0.191 e. The molecular formula is C6Cl7N. The molecule has 0 bridgehead atoms. The third-order valence-electron chi connectivity index (χ3n) is 1.36. The highest BCUT2D eigenvalue weighted by atomic mass is 35.5. The van der Waals surface area contributed by atoms with Crippen molar-refractivity contribution < 1.29 is 0 Å². The lowest BCUT2D eigenvalue weighted by Gasteiger charge is -2.14. The summed E-state index contributed by atoms with van der Waals surface area (Å²) in [6, 6.07) is 0. The molecule has 0 aromatic heterocycles. The SMILES string of the molecule is Clc1c(Cl)c(Cl)c(N(Cl)Cl)c(Cl)c1Cl. The summed E-state index contributed by atoms with van der Waals surface area (Å²) in [4.78, 5) is 0. The summed E-state index contributed by atoms with van der Waals surface area (Å²) in [5.74, 6) is 0. The molecule has 0 aliphatic carbocycles. The molecule has 0 N–H and O–H groups in total. The Kier molecular flexibility index (Phi) is 4.61. The van der Waals surface area contributed by atoms with Gasteiger partial charge in [0, 0.05) is 23.6 Å². The quantitative estimate of drug-likeness (QED) is 0.342. The summed E-state index contributed by atoms with van der Waals surface area (Å²) in [5, 5.41) is 0.225. The Morgan fingerprint density at radius 3 is 1.14 bits per heavy atom. The first-order chi connectivity index (χ1) is 6.37. The van der Waals surface area contributed by atoms with E-state index in [1.54, 1.807) is 0 Å². The Bertz CT molecular complexity index is 346. The van der Waals surface area contributed by atoms with Crippen molar-refractivity contribution in [1.29, 1.82) is 0 Å². The number of hydrogen-bond acceptors (Lipinski definition) is 1. The van der Waals surface area contributed by atoms with Gasteiger partial charge in [0.05, 0.1) is 25.1 Å². The van der Waals surface area contributed by atoms with Crippen LogP contribution in [0.25, 0.3) is 0 Å². The lowest BCUT2D eigenvalue weighted by Crippen LogP contribution is -1.96. The Morgan fingerprint density at radius 1 is 0.571 bits per heavy atom. The smallest absolute Gasteiger partial charge is 0.111 e. The van der Waals surface area contributed by atoms with Gasteiger partial charge in [0.1, 0.15) is 5.69 Å². The average Bonchev–Trinajstić information content (AvgIpc) is 2.11. The van der Waals surface area contributed by atoms with Crippen LogP contribution in [0.3, 0.4) is 0 Å². The molecule has 78 valence electrons. The topological polar surface area (TPSA) is 3.24 Å². The molecule has 8 heteroatoms. The number of benzene rings is 1. The van der Waals surface area contributed by atoms with E-state index >= 15 is 0 Å². The molecular weight excluding hydrogens is 334 g/mol. The second kappa shape index (κ2) is 4.92. The standard InChI is InChI=1S/C6Cl7N/c7-1-2(8)4(10)6(14(12)13)5(11)3(1)9. The molecule has 0 radical (unpaired) electrons. The zero-order valence-electron chi connectivity index (χ0n) is 6.09. The Hall–Kier alpha value is 1.05. The van der Waals surface area contributed by atoms with E-state index in [4.69, 9.17) is 81.6 Å². The fraction of sp³-hybridized carbons (Fsp3) is 0. The van der Waals surface area contributed by atoms with Gasteiger partial charge in [-0.3, -0.25) is 0 Å². The third kappa shape index (κ3) is 2.25. The molecule has 1 rings (SSSR count). The normalized spacial score (nSPS) is 10.5. The van der Waals surface area contributed by atoms with Gasteiger partial charge in [-0.2, -0.15) is 3.94 Å². The van der Waals surface area contributed by atoms with E-state index in [0.717, 1.165) is 0 Å². The number of rotatable bonds is 1. The van der Waals surface area contributed by atoms with E-state index in [1.807, 2.05) is 0 Å². The van der Waals surface area contributed by atoms with Gasteiger partial charge in [-0.1, -0.05) is 58.0 Å². The van der Waals surface area contributed by atoms with Gasteiger partial charge >= 0.3 is 0 Å². The molecule has 0 unspecified atom stereocenters. The van der Waals surface area contributed by atoms with Crippen LogP contribution in [0.2, 0.25) is 25.1 Å². The molecule has 0 amide bonds. The number of hydrogen-bond donors (Lipinski definition) is 0. The van der Waals surface area contributed by atoms with Crippen molar-refractivity contribution in [3.05, 3.63) is 25.1 Å². The first-order valence-electron chi connectivity index (χ1n) is 3.01. The first kappa shape index (κ1) is 13.1. The van der Waals surface area contributed by atoms with Crippen molar-refractivity contribution in [2.24, 2.45) is 0 Å². The fourth-order valence-electron chi connectivity index (χ4n) is 0.742. The minimum absolute atomic E-state index is 0.0380. The van der Waals surface area contributed by atoms with E-state index < -0.39 is 0 Å². The van der Waals surface area contributed by atoms with Crippen LogP contribution < -0.4 is 3.94 Å². The summed E-state index contributed by atoms with van der Waals surface area (Å²) in [5.41, 5.74) is 0.0936. The highest BCUT2D eigenvalue weighted by Gasteiger charge is 2.22. The van der Waals surface area contributed by atoms with Crippen LogP contribution in [0.4, 0.5) is 5.69 Å². The molecule has 1 nitrogen and oxygen atoms in total. The third-order valence-corrected chi connectivity index (χ3v) is 3.95. The van der Waals surface area contributed by atoms with Crippen molar-refractivity contribution in [2.45, 2.75) is 0 Å². The Balaban J connectivity index is 3.60. The summed E-state index contributed by atoms with van der Waals surface area (Å²) >= 11 is 39.8. The minimum atomic E-state index is 0.0380. The van der Waals surface area contributed by atoms with E-state index in [9.17, 15) is 0 Å². The molecule has 14 heavy (non-hydrogen) atoms. The van der Waals surface area contributed by atoms with Gasteiger partial charge in [-0.15, -0.1) is 0 Å². The van der Waals surface area contributed by atoms with Crippen LogP contribution in [0.1, 0.15) is 0 Å². The van der Waals surface area contributed by atoms with Crippen molar-refractivity contribution in [3.63, 3.8) is 0 Å². The summed E-state index contributed by atoms with van der Waals surface area (Å²) in [6.45, 7) is 0. The molecule has 0 fully saturated rings. The number of halogens is 7. The van der Waals surface area contributed by atoms with Gasteiger partial charge < -0.3 is 0 Å². The molecule has 1 aromatic rings. The molecule has 0 atom stereocenters. The van der Waals surface area contributed by atoms with Gasteiger partial charge in [0.2, 0.25) is 0 Å². The van der Waals surface area contributed by atoms with E-state index in [-0.39, 0.29) is 30.8 Å².